The lowest BCUT2D eigenvalue weighted by Gasteiger charge is -2.28. The van der Waals surface area contributed by atoms with Crippen molar-refractivity contribution in [1.29, 1.82) is 0 Å². The molecule has 0 bridgehead atoms. The van der Waals surface area contributed by atoms with Gasteiger partial charge >= 0.3 is 0 Å². The highest BCUT2D eigenvalue weighted by atomic mass is 32.2. The number of hydrogen-bond acceptors (Lipinski definition) is 4. The molecule has 0 radical (unpaired) electrons. The number of rotatable bonds is 10. The van der Waals surface area contributed by atoms with Crippen LogP contribution in [0.15, 0.2) is 30.9 Å². The molecule has 0 aliphatic carbocycles. The predicted molar refractivity (Wildman–Crippen MR) is 92.9 cm³/mol. The normalized spacial score (nSPS) is 14.4. The maximum absolute atomic E-state index is 13.9. The number of halogens is 1. The van der Waals surface area contributed by atoms with E-state index in [0.717, 1.165) is 0 Å². The third-order valence-corrected chi connectivity index (χ3v) is 4.81. The van der Waals surface area contributed by atoms with E-state index in [2.05, 4.69) is 11.3 Å². The summed E-state index contributed by atoms with van der Waals surface area (Å²) < 4.78 is 45.1. The summed E-state index contributed by atoms with van der Waals surface area (Å²) in [6.07, 6.45) is 1.52. The maximum Gasteiger partial charge on any atom is 0.215 e. The van der Waals surface area contributed by atoms with Crippen LogP contribution >= 0.6 is 0 Å². The highest BCUT2D eigenvalue weighted by molar-refractivity contribution is 7.89. The van der Waals surface area contributed by atoms with Crippen molar-refractivity contribution in [3.8, 4) is 5.75 Å². The average molecular weight is 359 g/mol. The Morgan fingerprint density at radius 3 is 2.67 bits per heavy atom. The molecular formula is C17H26FNO4S. The van der Waals surface area contributed by atoms with Gasteiger partial charge in [-0.2, -0.15) is 0 Å². The van der Waals surface area contributed by atoms with E-state index in [1.165, 1.54) is 24.3 Å². The fraction of sp³-hybridized carbons (Fsp3) is 0.529. The molecule has 0 amide bonds. The zero-order valence-corrected chi connectivity index (χ0v) is 15.2. The Hall–Kier alpha value is -1.44. The van der Waals surface area contributed by atoms with Crippen molar-refractivity contribution in [2.24, 2.45) is 5.92 Å². The van der Waals surface area contributed by atoms with E-state index < -0.39 is 21.4 Å². The van der Waals surface area contributed by atoms with E-state index in [1.807, 2.05) is 13.8 Å². The molecule has 1 aromatic carbocycles. The molecule has 0 aliphatic heterocycles. The summed E-state index contributed by atoms with van der Waals surface area (Å²) in [6, 6.07) is 4.07. The molecule has 0 saturated carbocycles. The van der Waals surface area contributed by atoms with Crippen LogP contribution in [0.3, 0.4) is 0 Å². The molecule has 24 heavy (non-hydrogen) atoms. The van der Waals surface area contributed by atoms with Gasteiger partial charge in [-0.1, -0.05) is 32.9 Å². The molecular weight excluding hydrogens is 333 g/mol. The first-order chi connectivity index (χ1) is 11.1. The first-order valence-corrected chi connectivity index (χ1v) is 9.52. The first-order valence-electron chi connectivity index (χ1n) is 7.87. The number of aliphatic hydroxyl groups is 1. The molecule has 2 N–H and O–H groups in total. The van der Waals surface area contributed by atoms with Crippen LogP contribution in [0, 0.1) is 11.7 Å². The lowest BCUT2D eigenvalue weighted by molar-refractivity contribution is 0.0376. The quantitative estimate of drug-likeness (QED) is 0.630. The molecule has 1 atom stereocenters. The summed E-state index contributed by atoms with van der Waals surface area (Å²) in [5, 5.41) is 10.8. The molecule has 7 heteroatoms. The average Bonchev–Trinajstić information content (AvgIpc) is 2.51. The Morgan fingerprint density at radius 2 is 2.12 bits per heavy atom. The highest BCUT2D eigenvalue weighted by Gasteiger charge is 2.30. The maximum atomic E-state index is 13.9. The third-order valence-electron chi connectivity index (χ3n) is 3.55. The van der Waals surface area contributed by atoms with Crippen LogP contribution in [0.4, 0.5) is 4.39 Å². The lowest BCUT2D eigenvalue weighted by atomic mass is 9.91. The standard InChI is InChI=1S/C17H26FNO4S/c1-5-9-24(21,22)19-12-17(20,6-2)14-7-8-15(18)16(10-14)23-11-13(3)4/h5,7-8,10,13,19-20H,1,6,9,11-12H2,2-4H3/t17-/m1/s1. The summed E-state index contributed by atoms with van der Waals surface area (Å²) in [6.45, 7) is 9.12. The van der Waals surface area contributed by atoms with Gasteiger partial charge in [-0.3, -0.25) is 0 Å². The minimum Gasteiger partial charge on any atom is -0.490 e. The molecule has 0 aromatic heterocycles. The van der Waals surface area contributed by atoms with Crippen molar-refractivity contribution in [3.05, 3.63) is 42.2 Å². The minimum absolute atomic E-state index is 0.0435. The lowest BCUT2D eigenvalue weighted by Crippen LogP contribution is -2.41. The van der Waals surface area contributed by atoms with E-state index >= 15 is 0 Å². The van der Waals surface area contributed by atoms with Crippen LogP contribution < -0.4 is 9.46 Å². The van der Waals surface area contributed by atoms with Crippen molar-refractivity contribution in [3.63, 3.8) is 0 Å². The second-order valence-electron chi connectivity index (χ2n) is 6.13. The minimum atomic E-state index is -3.56. The van der Waals surface area contributed by atoms with Crippen molar-refractivity contribution in [1.82, 2.24) is 4.72 Å². The van der Waals surface area contributed by atoms with Gasteiger partial charge in [0.1, 0.15) is 5.60 Å². The number of hydrogen-bond donors (Lipinski definition) is 2. The number of ether oxygens (including phenoxy) is 1. The third kappa shape index (κ3) is 5.89. The predicted octanol–water partition coefficient (Wildman–Crippen LogP) is 2.56. The zero-order chi connectivity index (χ0) is 18.4. The highest BCUT2D eigenvalue weighted by Crippen LogP contribution is 2.29. The van der Waals surface area contributed by atoms with E-state index in [1.54, 1.807) is 6.92 Å². The summed E-state index contributed by atoms with van der Waals surface area (Å²) in [5.41, 5.74) is -1.07. The molecule has 1 rings (SSSR count). The fourth-order valence-corrected chi connectivity index (χ4v) is 2.92. The Labute approximate surface area is 143 Å². The number of nitrogens with one attached hydrogen (secondary N) is 1. The topological polar surface area (TPSA) is 75.6 Å². The van der Waals surface area contributed by atoms with Crippen LogP contribution in [-0.2, 0) is 15.6 Å². The molecule has 1 aromatic rings. The molecule has 136 valence electrons. The smallest absolute Gasteiger partial charge is 0.215 e. The Morgan fingerprint density at radius 1 is 1.46 bits per heavy atom. The van der Waals surface area contributed by atoms with Gasteiger partial charge in [0.05, 0.1) is 12.4 Å². The summed E-state index contributed by atoms with van der Waals surface area (Å²) >= 11 is 0. The first kappa shape index (κ1) is 20.6. The van der Waals surface area contributed by atoms with E-state index in [9.17, 15) is 17.9 Å². The Bertz CT molecular complexity index is 661. The van der Waals surface area contributed by atoms with Crippen molar-refractivity contribution < 1.29 is 22.7 Å². The van der Waals surface area contributed by atoms with Gasteiger partial charge < -0.3 is 9.84 Å². The van der Waals surface area contributed by atoms with E-state index in [-0.39, 0.29) is 30.4 Å². The molecule has 0 spiro atoms. The molecule has 5 nitrogen and oxygen atoms in total. The van der Waals surface area contributed by atoms with Gasteiger partial charge in [-0.25, -0.2) is 17.5 Å². The second-order valence-corrected chi connectivity index (χ2v) is 7.98. The van der Waals surface area contributed by atoms with Gasteiger partial charge in [0.15, 0.2) is 11.6 Å². The van der Waals surface area contributed by atoms with Gasteiger partial charge in [0, 0.05) is 6.54 Å². The van der Waals surface area contributed by atoms with Gasteiger partial charge in [0.25, 0.3) is 0 Å². The van der Waals surface area contributed by atoms with E-state index in [4.69, 9.17) is 4.74 Å². The monoisotopic (exact) mass is 359 g/mol. The molecule has 0 heterocycles. The number of sulfonamides is 1. The van der Waals surface area contributed by atoms with Crippen LogP contribution in [0.25, 0.3) is 0 Å². The molecule has 0 aliphatic rings. The van der Waals surface area contributed by atoms with Crippen molar-refractivity contribution in [2.45, 2.75) is 32.8 Å². The van der Waals surface area contributed by atoms with Gasteiger partial charge in [0.2, 0.25) is 10.0 Å². The van der Waals surface area contributed by atoms with Crippen molar-refractivity contribution >= 4 is 10.0 Å². The second kappa shape index (κ2) is 8.60. The fourth-order valence-electron chi connectivity index (χ4n) is 2.03. The molecule has 0 unspecified atom stereocenters. The van der Waals surface area contributed by atoms with Crippen LogP contribution in [0.2, 0.25) is 0 Å². The van der Waals surface area contributed by atoms with E-state index in [0.29, 0.717) is 12.2 Å². The van der Waals surface area contributed by atoms with Gasteiger partial charge in [-0.15, -0.1) is 6.58 Å². The van der Waals surface area contributed by atoms with Crippen LogP contribution in [-0.4, -0.2) is 32.4 Å². The van der Waals surface area contributed by atoms with Crippen molar-refractivity contribution in [2.75, 3.05) is 18.9 Å². The van der Waals surface area contributed by atoms with Gasteiger partial charge in [-0.05, 0) is 30.0 Å². The van der Waals surface area contributed by atoms with Crippen LogP contribution in [0.5, 0.6) is 5.75 Å². The molecule has 0 fully saturated rings. The SMILES string of the molecule is C=CCS(=O)(=O)NC[C@](O)(CC)c1ccc(F)c(OCC(C)C)c1. The Kier molecular flexibility index (Phi) is 7.38. The largest absolute Gasteiger partial charge is 0.490 e. The number of benzene rings is 1. The molecule has 0 saturated heterocycles. The summed E-state index contributed by atoms with van der Waals surface area (Å²) in [4.78, 5) is 0. The van der Waals surface area contributed by atoms with Crippen LogP contribution in [0.1, 0.15) is 32.8 Å². The zero-order valence-electron chi connectivity index (χ0n) is 14.4. The Balaban J connectivity index is 3.01. The summed E-state index contributed by atoms with van der Waals surface area (Å²) in [7, 11) is -3.56. The summed E-state index contributed by atoms with van der Waals surface area (Å²) in [5.74, 6) is -0.491.